The Kier molecular flexibility index (Phi) is 26.7. The molecule has 0 aliphatic rings. The van der Waals surface area contributed by atoms with Crippen LogP contribution in [0.2, 0.25) is 0 Å². The van der Waals surface area contributed by atoms with E-state index in [1.807, 2.05) is 27.7 Å². The lowest BCUT2D eigenvalue weighted by atomic mass is 9.99. The molecule has 2 rings (SSSR count). The Labute approximate surface area is 421 Å². The van der Waals surface area contributed by atoms with Gasteiger partial charge in [0, 0.05) is 26.6 Å². The van der Waals surface area contributed by atoms with E-state index in [4.69, 9.17) is 39.1 Å². The van der Waals surface area contributed by atoms with Crippen LogP contribution in [0.4, 0.5) is 0 Å². The van der Waals surface area contributed by atoms with Gasteiger partial charge < -0.3 is 75.9 Å². The summed E-state index contributed by atoms with van der Waals surface area (Å²) in [5.41, 5.74) is 35.2. The zero-order chi connectivity index (χ0) is 53.9. The second kappa shape index (κ2) is 31.7. The van der Waals surface area contributed by atoms with Crippen molar-refractivity contribution in [2.24, 2.45) is 56.2 Å². The number of nitrogens with two attached hydrogens (primary N) is 6. The average molecular weight is 1010 g/mol. The molecule has 2 aromatic carbocycles. The largest absolute Gasteiger partial charge is 0.497 e. The second-order valence-electron chi connectivity index (χ2n) is 18.2. The summed E-state index contributed by atoms with van der Waals surface area (Å²) in [5, 5.41) is 15.7. The first-order valence-corrected chi connectivity index (χ1v) is 23.8. The predicted octanol–water partition coefficient (Wildman–Crippen LogP) is -2.51. The highest BCUT2D eigenvalue weighted by Crippen LogP contribution is 2.16. The molecule has 398 valence electrons. The normalized spacial score (nSPS) is 13.4. The molecule has 2 aromatic rings. The van der Waals surface area contributed by atoms with Gasteiger partial charge in [0.2, 0.25) is 47.3 Å². The first-order chi connectivity index (χ1) is 34.0. The van der Waals surface area contributed by atoms with Crippen LogP contribution in [0.3, 0.4) is 0 Å². The fourth-order valence-corrected chi connectivity index (χ4v) is 7.34. The number of hydrogen-bond acceptors (Lipinski definition) is 12. The number of rotatable bonds is 32. The number of nitrogens with one attached hydrogen (secondary N) is 6. The summed E-state index contributed by atoms with van der Waals surface area (Å²) in [7, 11) is 2.92. The van der Waals surface area contributed by atoms with E-state index in [-0.39, 0.29) is 88.2 Å². The van der Waals surface area contributed by atoms with E-state index < -0.39 is 96.6 Å². The number of benzene rings is 2. The Morgan fingerprint density at radius 2 is 1.10 bits per heavy atom. The Bertz CT molecular complexity index is 2150. The van der Waals surface area contributed by atoms with Gasteiger partial charge in [0.15, 0.2) is 11.9 Å². The Morgan fingerprint density at radius 3 is 1.65 bits per heavy atom. The standard InChI is InChI=1S/C48H77N15O9/c1-28(2)22-35(41(50)66)61-45(70)38(15-11-21-56-48(53)54)63(5)46(71)34(14-10-20-55-47(51)52)60-43(68)36(23-29(3)4)62-44(69)37(25-30-12-8-7-9-13-30)59-40(65)27-57-39(64)26-58-42(67)33(49)24-31-16-18-32(72-6)19-17-31/h7-9,12-13,16-19,28-29,33-38H,10-11,14-15,20-27,49H2,1-6H3,(H2,50,66)(H,57,64)(H,58,67)(H,59,65)(H,60,68)(H,61,70)(H,62,69)(H4,51,52,55)(H4,53,54,56)/t33-,34-,35+,36-,37-,38-/m0/s1. The number of ether oxygens (including phenoxy) is 1. The highest BCUT2D eigenvalue weighted by Gasteiger charge is 2.36. The first-order valence-electron chi connectivity index (χ1n) is 23.8. The molecule has 0 saturated heterocycles. The number of guanidine groups is 2. The molecule has 0 bridgehead atoms. The van der Waals surface area contributed by atoms with Gasteiger partial charge in [-0.1, -0.05) is 70.2 Å². The van der Waals surface area contributed by atoms with Gasteiger partial charge in [0.25, 0.3) is 0 Å². The molecule has 6 atom stereocenters. The van der Waals surface area contributed by atoms with Crippen LogP contribution in [0.25, 0.3) is 0 Å². The second-order valence-corrected chi connectivity index (χ2v) is 18.2. The lowest BCUT2D eigenvalue weighted by molar-refractivity contribution is -0.143. The van der Waals surface area contributed by atoms with Crippen molar-refractivity contribution < 1.29 is 43.1 Å². The smallest absolute Gasteiger partial charge is 0.245 e. The van der Waals surface area contributed by atoms with Gasteiger partial charge in [-0.3, -0.25) is 48.3 Å². The summed E-state index contributed by atoms with van der Waals surface area (Å²) in [5.74, 6) is -5.52. The maximum absolute atomic E-state index is 14.5. The number of nitrogens with zero attached hydrogens (tertiary/aromatic N) is 3. The molecule has 72 heavy (non-hydrogen) atoms. The van der Waals surface area contributed by atoms with Crippen LogP contribution in [0.1, 0.15) is 77.3 Å². The highest BCUT2D eigenvalue weighted by atomic mass is 16.5. The van der Waals surface area contributed by atoms with Crippen molar-refractivity contribution in [2.45, 2.75) is 115 Å². The summed E-state index contributed by atoms with van der Waals surface area (Å²) in [6.07, 6.45) is 1.02. The minimum absolute atomic E-state index is 0.00771. The molecule has 0 radical (unpaired) electrons. The number of carbonyl (C=O) groups excluding carboxylic acids is 8. The topological polar surface area (TPSA) is 402 Å². The highest BCUT2D eigenvalue weighted by molar-refractivity contribution is 5.97. The van der Waals surface area contributed by atoms with Gasteiger partial charge in [-0.05, 0) is 80.0 Å². The lowest BCUT2D eigenvalue weighted by Crippen LogP contribution is -2.59. The van der Waals surface area contributed by atoms with Gasteiger partial charge in [0.1, 0.15) is 36.0 Å². The molecule has 0 unspecified atom stereocenters. The summed E-state index contributed by atoms with van der Waals surface area (Å²) in [6.45, 7) is 6.53. The molecular formula is C48H77N15O9. The number of carbonyl (C=O) groups is 8. The molecule has 0 aliphatic heterocycles. The molecule has 0 aromatic heterocycles. The molecule has 24 heteroatoms. The zero-order valence-electron chi connectivity index (χ0n) is 42.3. The summed E-state index contributed by atoms with van der Waals surface area (Å²) in [6, 6.07) is 8.83. The van der Waals surface area contributed by atoms with Crippen LogP contribution in [0.15, 0.2) is 64.6 Å². The molecule has 0 fully saturated rings. The van der Waals surface area contributed by atoms with Crippen molar-refractivity contribution in [1.82, 2.24) is 36.8 Å². The molecule has 0 spiro atoms. The van der Waals surface area contributed by atoms with Crippen LogP contribution >= 0.6 is 0 Å². The third-order valence-electron chi connectivity index (χ3n) is 11.1. The van der Waals surface area contributed by atoms with Gasteiger partial charge in [0.05, 0.1) is 26.2 Å². The Morgan fingerprint density at radius 1 is 0.583 bits per heavy atom. The van der Waals surface area contributed by atoms with E-state index in [2.05, 4.69) is 41.9 Å². The van der Waals surface area contributed by atoms with Gasteiger partial charge in [-0.25, -0.2) is 0 Å². The Hall–Kier alpha value is -7.50. The van der Waals surface area contributed by atoms with Crippen LogP contribution in [0, 0.1) is 11.8 Å². The number of likely N-dealkylation sites (N-methyl/N-ethyl adjacent to an activating group) is 1. The van der Waals surface area contributed by atoms with E-state index in [1.165, 1.54) is 14.2 Å². The van der Waals surface area contributed by atoms with Crippen LogP contribution in [-0.4, -0.2) is 141 Å². The molecule has 24 nitrogen and oxygen atoms in total. The van der Waals surface area contributed by atoms with E-state index in [0.717, 1.165) is 10.5 Å². The molecule has 18 N–H and O–H groups in total. The minimum atomic E-state index is -1.28. The van der Waals surface area contributed by atoms with Crippen molar-refractivity contribution in [2.75, 3.05) is 40.3 Å². The van der Waals surface area contributed by atoms with E-state index in [0.29, 0.717) is 11.3 Å². The zero-order valence-corrected chi connectivity index (χ0v) is 42.3. The minimum Gasteiger partial charge on any atom is -0.497 e. The summed E-state index contributed by atoms with van der Waals surface area (Å²) < 4.78 is 5.15. The van der Waals surface area contributed by atoms with Gasteiger partial charge in [-0.2, -0.15) is 0 Å². The van der Waals surface area contributed by atoms with Crippen LogP contribution < -0.4 is 71.0 Å². The first kappa shape index (κ1) is 60.6. The van der Waals surface area contributed by atoms with Crippen LogP contribution in [0.5, 0.6) is 5.75 Å². The van der Waals surface area contributed by atoms with Crippen molar-refractivity contribution in [3.63, 3.8) is 0 Å². The van der Waals surface area contributed by atoms with Crippen molar-refractivity contribution >= 4 is 59.2 Å². The van der Waals surface area contributed by atoms with E-state index in [1.54, 1.807) is 54.6 Å². The van der Waals surface area contributed by atoms with E-state index >= 15 is 0 Å². The molecule has 0 heterocycles. The molecule has 8 amide bonds. The van der Waals surface area contributed by atoms with Crippen molar-refractivity contribution in [1.29, 1.82) is 0 Å². The third-order valence-corrected chi connectivity index (χ3v) is 11.1. The maximum Gasteiger partial charge on any atom is 0.245 e. The predicted molar refractivity (Wildman–Crippen MR) is 273 cm³/mol. The van der Waals surface area contributed by atoms with Gasteiger partial charge in [-0.15, -0.1) is 0 Å². The number of hydrogen-bond donors (Lipinski definition) is 12. The van der Waals surface area contributed by atoms with Crippen molar-refractivity contribution in [3.05, 3.63) is 65.7 Å². The van der Waals surface area contributed by atoms with E-state index in [9.17, 15) is 38.4 Å². The third kappa shape index (κ3) is 23.4. The lowest BCUT2D eigenvalue weighted by Gasteiger charge is -2.33. The molecular weight excluding hydrogens is 931 g/mol. The summed E-state index contributed by atoms with van der Waals surface area (Å²) >= 11 is 0. The molecule has 0 aliphatic carbocycles. The SMILES string of the molecule is COc1ccc(C[C@H](N)C(=O)NCC(=O)NCC(=O)N[C@@H](Cc2ccccc2)C(=O)N[C@@H](CC(C)C)C(=O)N[C@@H](CCCN=C(N)N)C(=O)N(C)[C@@H](CCCN=C(N)N)C(=O)N[C@H](CC(C)C)C(N)=O)cc1. The summed E-state index contributed by atoms with van der Waals surface area (Å²) in [4.78, 5) is 117. The fourth-order valence-electron chi connectivity index (χ4n) is 7.34. The Balaban J connectivity index is 2.32. The maximum atomic E-state index is 14.5. The number of primary amides is 1. The number of amides is 8. The monoisotopic (exact) mass is 1010 g/mol. The number of methoxy groups -OCH3 is 1. The fraction of sp³-hybridized carbons (Fsp3) is 0.542. The van der Waals surface area contributed by atoms with Crippen molar-refractivity contribution in [3.8, 4) is 5.75 Å². The molecule has 0 saturated carbocycles. The average Bonchev–Trinajstić information content (AvgIpc) is 3.32. The number of aliphatic imine (C=N–C) groups is 2. The van der Waals surface area contributed by atoms with Crippen LogP contribution in [-0.2, 0) is 51.2 Å². The quantitative estimate of drug-likeness (QED) is 0.0205. The van der Waals surface area contributed by atoms with Gasteiger partial charge >= 0.3 is 0 Å².